The van der Waals surface area contributed by atoms with Crippen molar-refractivity contribution in [1.82, 2.24) is 9.80 Å². The van der Waals surface area contributed by atoms with Gasteiger partial charge in [-0.3, -0.25) is 4.79 Å². The molecule has 1 aliphatic carbocycles. The van der Waals surface area contributed by atoms with Gasteiger partial charge in [-0.15, -0.1) is 0 Å². The average molecular weight is 340 g/mol. The van der Waals surface area contributed by atoms with Crippen LogP contribution in [-0.4, -0.2) is 66.3 Å². The van der Waals surface area contributed by atoms with Crippen molar-refractivity contribution in [1.29, 1.82) is 0 Å². The summed E-state index contributed by atoms with van der Waals surface area (Å²) in [4.78, 5) is 28.4. The zero-order valence-electron chi connectivity index (χ0n) is 15.7. The molecule has 0 radical (unpaired) electrons. The van der Waals surface area contributed by atoms with E-state index >= 15 is 0 Å². The van der Waals surface area contributed by atoms with E-state index in [1.807, 2.05) is 32.7 Å². The minimum absolute atomic E-state index is 0.0252. The van der Waals surface area contributed by atoms with Crippen molar-refractivity contribution in [2.24, 2.45) is 5.92 Å². The van der Waals surface area contributed by atoms with Gasteiger partial charge in [-0.1, -0.05) is 6.92 Å². The van der Waals surface area contributed by atoms with E-state index in [0.717, 1.165) is 31.6 Å². The van der Waals surface area contributed by atoms with Crippen LogP contribution in [0.15, 0.2) is 0 Å². The Balaban J connectivity index is 1.91. The molecule has 2 amide bonds. The summed E-state index contributed by atoms with van der Waals surface area (Å²) in [6, 6.07) is 0.286. The topological polar surface area (TPSA) is 59.1 Å². The summed E-state index contributed by atoms with van der Waals surface area (Å²) in [5, 5.41) is 0. The summed E-state index contributed by atoms with van der Waals surface area (Å²) in [5.74, 6) is 0.723. The predicted molar refractivity (Wildman–Crippen MR) is 91.7 cm³/mol. The smallest absolute Gasteiger partial charge is 0.410 e. The third-order valence-corrected chi connectivity index (χ3v) is 4.87. The molecule has 2 rings (SSSR count). The largest absolute Gasteiger partial charge is 0.444 e. The molecule has 0 spiro atoms. The Morgan fingerprint density at radius 2 is 1.79 bits per heavy atom. The molecule has 0 aromatic rings. The third-order valence-electron chi connectivity index (χ3n) is 4.87. The highest BCUT2D eigenvalue weighted by Crippen LogP contribution is 2.27. The van der Waals surface area contributed by atoms with Crippen LogP contribution in [0.5, 0.6) is 0 Å². The van der Waals surface area contributed by atoms with Crippen molar-refractivity contribution in [3.8, 4) is 0 Å². The van der Waals surface area contributed by atoms with Crippen molar-refractivity contribution in [2.45, 2.75) is 71.1 Å². The Morgan fingerprint density at radius 1 is 1.17 bits per heavy atom. The summed E-state index contributed by atoms with van der Waals surface area (Å²) in [5.41, 5.74) is -0.537. The van der Waals surface area contributed by atoms with E-state index in [2.05, 4.69) is 6.92 Å². The van der Waals surface area contributed by atoms with Gasteiger partial charge in [0.2, 0.25) is 0 Å². The van der Waals surface area contributed by atoms with E-state index in [-0.39, 0.29) is 24.6 Å². The lowest BCUT2D eigenvalue weighted by atomic mass is 9.86. The van der Waals surface area contributed by atoms with Crippen LogP contribution in [-0.2, 0) is 14.3 Å². The van der Waals surface area contributed by atoms with Crippen LogP contribution >= 0.6 is 0 Å². The fourth-order valence-electron chi connectivity index (χ4n) is 3.33. The number of amides is 2. The van der Waals surface area contributed by atoms with E-state index < -0.39 is 11.7 Å². The summed E-state index contributed by atoms with van der Waals surface area (Å²) in [7, 11) is 1.86. The predicted octanol–water partition coefficient (Wildman–Crippen LogP) is 2.66. The molecule has 24 heavy (non-hydrogen) atoms. The lowest BCUT2D eigenvalue weighted by Gasteiger charge is -2.38. The van der Waals surface area contributed by atoms with Crippen LogP contribution in [0.25, 0.3) is 0 Å². The van der Waals surface area contributed by atoms with Gasteiger partial charge < -0.3 is 19.3 Å². The molecule has 0 unspecified atom stereocenters. The van der Waals surface area contributed by atoms with Gasteiger partial charge in [-0.25, -0.2) is 4.79 Å². The number of hydrogen-bond acceptors (Lipinski definition) is 4. The number of ether oxygens (including phenoxy) is 2. The standard InChI is InChI=1S/C18H32N2O4/c1-13-6-8-14(9-7-13)19(5)16(21)15-12-20(10-11-23-15)17(22)24-18(2,3)4/h13-15H,6-12H2,1-5H3/t13?,14?,15-/m0/s1. The summed E-state index contributed by atoms with van der Waals surface area (Å²) in [6.07, 6.45) is 3.46. The van der Waals surface area contributed by atoms with Crippen LogP contribution < -0.4 is 0 Å². The molecule has 138 valence electrons. The molecular formula is C18H32N2O4. The zero-order chi connectivity index (χ0) is 17.9. The average Bonchev–Trinajstić information content (AvgIpc) is 2.53. The third kappa shape index (κ3) is 5.10. The van der Waals surface area contributed by atoms with Gasteiger partial charge in [0.15, 0.2) is 6.10 Å². The molecule has 1 aliphatic heterocycles. The van der Waals surface area contributed by atoms with Crippen LogP contribution in [0.2, 0.25) is 0 Å². The number of nitrogens with zero attached hydrogens (tertiary/aromatic N) is 2. The maximum atomic E-state index is 12.8. The van der Waals surface area contributed by atoms with Gasteiger partial charge in [0, 0.05) is 19.6 Å². The SMILES string of the molecule is CC1CCC(N(C)C(=O)[C@@H]2CN(C(=O)OC(C)(C)C)CCO2)CC1. The Morgan fingerprint density at radius 3 is 2.38 bits per heavy atom. The number of hydrogen-bond donors (Lipinski definition) is 0. The lowest BCUT2D eigenvalue weighted by molar-refractivity contribution is -0.150. The molecule has 6 nitrogen and oxygen atoms in total. The second-order valence-corrected chi connectivity index (χ2v) is 8.15. The van der Waals surface area contributed by atoms with Crippen molar-refractivity contribution in [2.75, 3.05) is 26.7 Å². The minimum Gasteiger partial charge on any atom is -0.444 e. The van der Waals surface area contributed by atoms with Gasteiger partial charge in [0.1, 0.15) is 5.60 Å². The molecule has 0 aromatic heterocycles. The Kier molecular flexibility index (Phi) is 6.12. The van der Waals surface area contributed by atoms with Crippen molar-refractivity contribution < 1.29 is 19.1 Å². The van der Waals surface area contributed by atoms with Crippen molar-refractivity contribution in [3.63, 3.8) is 0 Å². The van der Waals surface area contributed by atoms with E-state index in [1.165, 1.54) is 0 Å². The van der Waals surface area contributed by atoms with E-state index in [0.29, 0.717) is 13.2 Å². The summed E-state index contributed by atoms with van der Waals surface area (Å²) >= 11 is 0. The first-order chi connectivity index (χ1) is 11.2. The molecule has 2 fully saturated rings. The Labute approximate surface area is 145 Å². The Bertz CT molecular complexity index is 452. The molecule has 1 saturated carbocycles. The fraction of sp³-hybridized carbons (Fsp3) is 0.889. The van der Waals surface area contributed by atoms with Crippen LogP contribution in [0, 0.1) is 5.92 Å². The Hall–Kier alpha value is -1.30. The maximum Gasteiger partial charge on any atom is 0.410 e. The molecule has 1 saturated heterocycles. The van der Waals surface area contributed by atoms with Crippen LogP contribution in [0.1, 0.15) is 53.4 Å². The highest BCUT2D eigenvalue weighted by atomic mass is 16.6. The molecule has 1 heterocycles. The molecule has 6 heteroatoms. The second-order valence-electron chi connectivity index (χ2n) is 8.15. The molecule has 0 N–H and O–H groups in total. The van der Waals surface area contributed by atoms with Crippen LogP contribution in [0.4, 0.5) is 4.79 Å². The fourth-order valence-corrected chi connectivity index (χ4v) is 3.33. The van der Waals surface area contributed by atoms with Crippen molar-refractivity contribution in [3.05, 3.63) is 0 Å². The van der Waals surface area contributed by atoms with E-state index in [9.17, 15) is 9.59 Å². The maximum absolute atomic E-state index is 12.8. The molecule has 0 aromatic carbocycles. The van der Waals surface area contributed by atoms with Crippen molar-refractivity contribution >= 4 is 12.0 Å². The first-order valence-corrected chi connectivity index (χ1v) is 9.03. The molecule has 2 aliphatic rings. The minimum atomic E-state index is -0.587. The van der Waals surface area contributed by atoms with E-state index in [4.69, 9.17) is 9.47 Å². The first kappa shape index (κ1) is 19.0. The monoisotopic (exact) mass is 340 g/mol. The number of likely N-dealkylation sites (N-methyl/N-ethyl adjacent to an activating group) is 1. The number of carbonyl (C=O) groups is 2. The number of carbonyl (C=O) groups excluding carboxylic acids is 2. The second kappa shape index (κ2) is 7.72. The quantitative estimate of drug-likeness (QED) is 0.775. The van der Waals surface area contributed by atoms with Gasteiger partial charge in [0.25, 0.3) is 5.91 Å². The normalized spacial score (nSPS) is 28.4. The molecule has 0 bridgehead atoms. The zero-order valence-corrected chi connectivity index (χ0v) is 15.7. The van der Waals surface area contributed by atoms with Gasteiger partial charge in [0.05, 0.1) is 13.2 Å². The number of rotatable bonds is 2. The van der Waals surface area contributed by atoms with Gasteiger partial charge in [-0.2, -0.15) is 0 Å². The number of morpholine rings is 1. The molecule has 1 atom stereocenters. The molecular weight excluding hydrogens is 308 g/mol. The van der Waals surface area contributed by atoms with Gasteiger partial charge in [-0.05, 0) is 52.4 Å². The van der Waals surface area contributed by atoms with Crippen LogP contribution in [0.3, 0.4) is 0 Å². The summed E-state index contributed by atoms with van der Waals surface area (Å²) < 4.78 is 11.0. The lowest BCUT2D eigenvalue weighted by Crippen LogP contribution is -2.54. The highest BCUT2D eigenvalue weighted by molar-refractivity contribution is 5.82. The highest BCUT2D eigenvalue weighted by Gasteiger charge is 2.35. The van der Waals surface area contributed by atoms with Gasteiger partial charge >= 0.3 is 6.09 Å². The van der Waals surface area contributed by atoms with E-state index in [1.54, 1.807) is 4.90 Å². The first-order valence-electron chi connectivity index (χ1n) is 9.03. The summed E-state index contributed by atoms with van der Waals surface area (Å²) in [6.45, 7) is 8.88.